The van der Waals surface area contributed by atoms with Gasteiger partial charge in [-0.3, -0.25) is 0 Å². The normalized spacial score (nSPS) is 17.9. The molecule has 18 heavy (non-hydrogen) atoms. The Morgan fingerprint density at radius 2 is 1.83 bits per heavy atom. The van der Waals surface area contributed by atoms with Crippen molar-refractivity contribution in [2.24, 2.45) is 0 Å². The smallest absolute Gasteiger partial charge is 0.0761 e. The number of anilines is 1. The van der Waals surface area contributed by atoms with Gasteiger partial charge >= 0.3 is 0 Å². The van der Waals surface area contributed by atoms with Crippen LogP contribution in [-0.2, 0) is 0 Å². The fourth-order valence-corrected chi connectivity index (χ4v) is 2.43. The molecule has 0 saturated carbocycles. The molecule has 0 aromatic heterocycles. The first-order valence-electron chi connectivity index (χ1n) is 6.88. The third kappa shape index (κ3) is 3.47. The molecule has 0 radical (unpaired) electrons. The topological polar surface area (TPSA) is 26.7 Å². The second-order valence-electron chi connectivity index (χ2n) is 5.24. The third-order valence-electron chi connectivity index (χ3n) is 3.77. The summed E-state index contributed by atoms with van der Waals surface area (Å²) in [5.41, 5.74) is 2.20. The molecule has 3 heteroatoms. The van der Waals surface area contributed by atoms with E-state index < -0.39 is 0 Å². The molecule has 1 fully saturated rings. The summed E-state index contributed by atoms with van der Waals surface area (Å²) in [6.45, 7) is 6.53. The van der Waals surface area contributed by atoms with Crippen LogP contribution in [0.5, 0.6) is 0 Å². The van der Waals surface area contributed by atoms with E-state index in [1.807, 2.05) is 12.1 Å². The van der Waals surface area contributed by atoms with Gasteiger partial charge in [-0.25, -0.2) is 0 Å². The highest BCUT2D eigenvalue weighted by Gasteiger charge is 2.12. The zero-order chi connectivity index (χ0) is 13.0. The van der Waals surface area contributed by atoms with Gasteiger partial charge in [0.15, 0.2) is 0 Å². The lowest BCUT2D eigenvalue weighted by atomic mass is 10.1. The average Bonchev–Trinajstić information content (AvgIpc) is 2.89. The molecule has 1 aromatic carbocycles. The molecule has 1 aliphatic heterocycles. The molecule has 0 spiro atoms. The van der Waals surface area contributed by atoms with E-state index in [-0.39, 0.29) is 6.10 Å². The number of aliphatic hydroxyl groups excluding tert-OH is 1. The molecular weight excluding hydrogens is 224 g/mol. The monoisotopic (exact) mass is 248 g/mol. The number of nitrogens with zero attached hydrogens (tertiary/aromatic N) is 2. The number of hydrogen-bond acceptors (Lipinski definition) is 3. The summed E-state index contributed by atoms with van der Waals surface area (Å²) >= 11 is 0. The van der Waals surface area contributed by atoms with Gasteiger partial charge in [0, 0.05) is 25.8 Å². The van der Waals surface area contributed by atoms with Gasteiger partial charge in [0.1, 0.15) is 0 Å². The third-order valence-corrected chi connectivity index (χ3v) is 3.77. The predicted octanol–water partition coefficient (Wildman–Crippen LogP) is 2.27. The van der Waals surface area contributed by atoms with Gasteiger partial charge in [0.25, 0.3) is 0 Å². The molecule has 1 N–H and O–H groups in total. The van der Waals surface area contributed by atoms with E-state index in [9.17, 15) is 5.11 Å². The second kappa shape index (κ2) is 6.21. The molecule has 1 saturated heterocycles. The Balaban J connectivity index is 1.85. The predicted molar refractivity (Wildman–Crippen MR) is 76.0 cm³/mol. The van der Waals surface area contributed by atoms with Crippen molar-refractivity contribution in [2.45, 2.75) is 25.9 Å². The van der Waals surface area contributed by atoms with Gasteiger partial charge in [0.2, 0.25) is 0 Å². The summed E-state index contributed by atoms with van der Waals surface area (Å²) in [6, 6.07) is 8.19. The molecule has 1 aromatic rings. The van der Waals surface area contributed by atoms with Gasteiger partial charge in [0.05, 0.1) is 6.10 Å². The molecular formula is C15H24N2O. The first-order chi connectivity index (χ1) is 8.66. The van der Waals surface area contributed by atoms with Crippen LogP contribution in [0, 0.1) is 0 Å². The van der Waals surface area contributed by atoms with E-state index in [1.165, 1.54) is 31.6 Å². The Morgan fingerprint density at radius 3 is 2.39 bits per heavy atom. The van der Waals surface area contributed by atoms with E-state index in [2.05, 4.69) is 29.0 Å². The van der Waals surface area contributed by atoms with Crippen LogP contribution in [0.2, 0.25) is 0 Å². The van der Waals surface area contributed by atoms with Crippen LogP contribution in [0.3, 0.4) is 0 Å². The summed E-state index contributed by atoms with van der Waals surface area (Å²) in [7, 11) is 2.13. The lowest BCUT2D eigenvalue weighted by Crippen LogP contribution is -2.31. The molecule has 3 nitrogen and oxygen atoms in total. The van der Waals surface area contributed by atoms with Gasteiger partial charge in [-0.1, -0.05) is 12.1 Å². The zero-order valence-electron chi connectivity index (χ0n) is 11.5. The molecule has 0 aliphatic carbocycles. The van der Waals surface area contributed by atoms with E-state index in [0.29, 0.717) is 0 Å². The minimum absolute atomic E-state index is 0.381. The fraction of sp³-hybridized carbons (Fsp3) is 0.600. The van der Waals surface area contributed by atoms with Crippen LogP contribution >= 0.6 is 0 Å². The summed E-state index contributed by atoms with van der Waals surface area (Å²) in [6.07, 6.45) is 2.33. The first kappa shape index (κ1) is 13.4. The van der Waals surface area contributed by atoms with Crippen LogP contribution in [0.1, 0.15) is 31.4 Å². The molecule has 2 rings (SSSR count). The Morgan fingerprint density at radius 1 is 1.22 bits per heavy atom. The number of hydrogen-bond donors (Lipinski definition) is 1. The van der Waals surface area contributed by atoms with Crippen LogP contribution in [0.4, 0.5) is 5.69 Å². The zero-order valence-corrected chi connectivity index (χ0v) is 11.5. The number of benzene rings is 1. The second-order valence-corrected chi connectivity index (χ2v) is 5.24. The van der Waals surface area contributed by atoms with Crippen molar-refractivity contribution >= 4 is 5.69 Å². The van der Waals surface area contributed by atoms with E-state index in [0.717, 1.165) is 18.7 Å². The maximum absolute atomic E-state index is 9.48. The molecule has 1 heterocycles. The van der Waals surface area contributed by atoms with Crippen molar-refractivity contribution in [1.82, 2.24) is 4.90 Å². The quantitative estimate of drug-likeness (QED) is 0.866. The summed E-state index contributed by atoms with van der Waals surface area (Å²) in [5.74, 6) is 0. The highest BCUT2D eigenvalue weighted by molar-refractivity contribution is 5.47. The van der Waals surface area contributed by atoms with E-state index >= 15 is 0 Å². The number of likely N-dealkylation sites (N-methyl/N-ethyl adjacent to an activating group) is 1. The van der Waals surface area contributed by atoms with Crippen LogP contribution in [-0.4, -0.2) is 43.2 Å². The van der Waals surface area contributed by atoms with Crippen molar-refractivity contribution < 1.29 is 5.11 Å². The van der Waals surface area contributed by atoms with E-state index in [4.69, 9.17) is 0 Å². The van der Waals surface area contributed by atoms with Crippen molar-refractivity contribution in [3.8, 4) is 0 Å². The number of rotatable bonds is 5. The van der Waals surface area contributed by atoms with Crippen LogP contribution in [0.25, 0.3) is 0 Å². The SMILES string of the molecule is CC(O)c1ccc(N(C)CCN2CCCC2)cc1. The minimum atomic E-state index is -0.381. The minimum Gasteiger partial charge on any atom is -0.389 e. The Bertz CT molecular complexity index is 355. The van der Waals surface area contributed by atoms with Gasteiger partial charge in [-0.2, -0.15) is 0 Å². The Kier molecular flexibility index (Phi) is 4.61. The van der Waals surface area contributed by atoms with Gasteiger partial charge in [-0.15, -0.1) is 0 Å². The Labute approximate surface area is 110 Å². The average molecular weight is 248 g/mol. The lowest BCUT2D eigenvalue weighted by Gasteiger charge is -2.23. The Hall–Kier alpha value is -1.06. The summed E-state index contributed by atoms with van der Waals surface area (Å²) < 4.78 is 0. The fourth-order valence-electron chi connectivity index (χ4n) is 2.43. The van der Waals surface area contributed by atoms with Gasteiger partial charge in [-0.05, 0) is 50.6 Å². The molecule has 1 aliphatic rings. The summed E-state index contributed by atoms with van der Waals surface area (Å²) in [5, 5.41) is 9.48. The number of aliphatic hydroxyl groups is 1. The first-order valence-corrected chi connectivity index (χ1v) is 6.88. The van der Waals surface area contributed by atoms with Crippen LogP contribution in [0.15, 0.2) is 24.3 Å². The van der Waals surface area contributed by atoms with Crippen molar-refractivity contribution in [2.75, 3.05) is 38.1 Å². The lowest BCUT2D eigenvalue weighted by molar-refractivity contribution is 0.199. The molecule has 0 amide bonds. The largest absolute Gasteiger partial charge is 0.389 e. The maximum atomic E-state index is 9.48. The maximum Gasteiger partial charge on any atom is 0.0761 e. The standard InChI is InChI=1S/C15H24N2O/c1-13(18)14-5-7-15(8-6-14)16(2)11-12-17-9-3-4-10-17/h5-8,13,18H,3-4,9-12H2,1-2H3. The molecule has 1 atom stereocenters. The highest BCUT2D eigenvalue weighted by Crippen LogP contribution is 2.18. The molecule has 0 bridgehead atoms. The van der Waals surface area contributed by atoms with Crippen molar-refractivity contribution in [3.63, 3.8) is 0 Å². The molecule has 100 valence electrons. The number of likely N-dealkylation sites (tertiary alicyclic amines) is 1. The summed E-state index contributed by atoms with van der Waals surface area (Å²) in [4.78, 5) is 4.81. The van der Waals surface area contributed by atoms with Crippen LogP contribution < -0.4 is 4.90 Å². The molecule has 1 unspecified atom stereocenters. The highest BCUT2D eigenvalue weighted by atomic mass is 16.3. The van der Waals surface area contributed by atoms with Gasteiger partial charge < -0.3 is 14.9 Å². The van der Waals surface area contributed by atoms with E-state index in [1.54, 1.807) is 6.92 Å². The van der Waals surface area contributed by atoms with Crippen molar-refractivity contribution in [3.05, 3.63) is 29.8 Å². The van der Waals surface area contributed by atoms with Crippen molar-refractivity contribution in [1.29, 1.82) is 0 Å².